The molecule has 1 aromatic heterocycles. The molecule has 1 fully saturated rings. The second-order valence-electron chi connectivity index (χ2n) is 6.12. The van der Waals surface area contributed by atoms with Gasteiger partial charge >= 0.3 is 6.55 Å². The fourth-order valence-electron chi connectivity index (χ4n) is 2.94. The predicted molar refractivity (Wildman–Crippen MR) is 98.5 cm³/mol. The number of hydrogen-bond acceptors (Lipinski definition) is 3. The summed E-state index contributed by atoms with van der Waals surface area (Å²) in [5.41, 5.74) is 1.92. The number of guanidine groups is 1. The quantitative estimate of drug-likeness (QED) is 0.599. The molecule has 0 spiro atoms. The number of amides is 1. The Morgan fingerprint density at radius 3 is 2.63 bits per heavy atom. The number of nitrogens with one attached hydrogen (secondary N) is 2. The zero-order chi connectivity index (χ0) is 19.2. The molecule has 1 aliphatic rings. The Kier molecular flexibility index (Phi) is 6.00. The van der Waals surface area contributed by atoms with Gasteiger partial charge in [-0.25, -0.2) is 4.98 Å². The number of alkyl halides is 2. The molecule has 2 heterocycles. The number of aliphatic imine (C=N–C) groups is 1. The first kappa shape index (κ1) is 18.8. The van der Waals surface area contributed by atoms with Crippen LogP contribution in [0.2, 0.25) is 0 Å². The molecule has 27 heavy (non-hydrogen) atoms. The molecule has 2 N–H and O–H groups in total. The van der Waals surface area contributed by atoms with E-state index in [1.165, 1.54) is 12.4 Å². The highest BCUT2D eigenvalue weighted by atomic mass is 19.3. The first-order valence-electron chi connectivity index (χ1n) is 8.72. The highest BCUT2D eigenvalue weighted by Crippen LogP contribution is 2.21. The second-order valence-corrected chi connectivity index (χ2v) is 6.12. The van der Waals surface area contributed by atoms with E-state index in [4.69, 9.17) is 0 Å². The van der Waals surface area contributed by atoms with Crippen molar-refractivity contribution < 1.29 is 13.6 Å². The van der Waals surface area contributed by atoms with Crippen molar-refractivity contribution in [3.05, 3.63) is 48.0 Å². The number of aromatic nitrogens is 2. The van der Waals surface area contributed by atoms with E-state index in [1.807, 2.05) is 24.3 Å². The fourth-order valence-corrected chi connectivity index (χ4v) is 2.94. The largest absolute Gasteiger partial charge is 0.352 e. The minimum absolute atomic E-state index is 0.132. The first-order valence-corrected chi connectivity index (χ1v) is 8.72. The molecule has 1 aliphatic heterocycles. The molecule has 0 atom stereocenters. The maximum absolute atomic E-state index is 12.8. The van der Waals surface area contributed by atoms with Crippen molar-refractivity contribution >= 4 is 17.6 Å². The number of nitrogens with zero attached hydrogens (tertiary/aromatic N) is 4. The lowest BCUT2D eigenvalue weighted by Crippen LogP contribution is -2.37. The predicted octanol–water partition coefficient (Wildman–Crippen LogP) is 2.27. The second kappa shape index (κ2) is 8.61. The lowest BCUT2D eigenvalue weighted by atomic mass is 10.2. The fraction of sp³-hybridized carbons (Fsp3) is 0.389. The van der Waals surface area contributed by atoms with Crippen LogP contribution in [0, 0.1) is 0 Å². The Morgan fingerprint density at radius 1 is 1.26 bits per heavy atom. The Morgan fingerprint density at radius 2 is 2.00 bits per heavy atom. The number of benzene rings is 1. The van der Waals surface area contributed by atoms with Crippen molar-refractivity contribution in [1.29, 1.82) is 0 Å². The van der Waals surface area contributed by atoms with Crippen molar-refractivity contribution in [3.63, 3.8) is 0 Å². The van der Waals surface area contributed by atoms with Gasteiger partial charge in [-0.15, -0.1) is 0 Å². The lowest BCUT2D eigenvalue weighted by molar-refractivity contribution is -0.117. The van der Waals surface area contributed by atoms with Gasteiger partial charge in [0.25, 0.3) is 0 Å². The lowest BCUT2D eigenvalue weighted by Gasteiger charge is -2.16. The summed E-state index contributed by atoms with van der Waals surface area (Å²) < 4.78 is 26.5. The molecule has 3 rings (SSSR count). The Labute approximate surface area is 156 Å². The number of halogens is 2. The SMILES string of the molecule is CN=C(NCc1ccc(N2CCCC2=O)cc1)NCc1nccn1C(F)F. The normalized spacial score (nSPS) is 14.9. The van der Waals surface area contributed by atoms with Crippen LogP contribution in [0.3, 0.4) is 0 Å². The van der Waals surface area contributed by atoms with Crippen LogP contribution >= 0.6 is 0 Å². The number of rotatable bonds is 6. The van der Waals surface area contributed by atoms with Crippen LogP contribution in [0.5, 0.6) is 0 Å². The van der Waals surface area contributed by atoms with Crippen molar-refractivity contribution in [2.75, 3.05) is 18.5 Å². The molecule has 0 radical (unpaired) electrons. The molecule has 0 bridgehead atoms. The summed E-state index contributed by atoms with van der Waals surface area (Å²) in [6.45, 7) is -1.22. The third kappa shape index (κ3) is 4.60. The summed E-state index contributed by atoms with van der Waals surface area (Å²) in [6.07, 6.45) is 4.08. The van der Waals surface area contributed by atoms with Crippen LogP contribution in [0.25, 0.3) is 0 Å². The molecule has 144 valence electrons. The van der Waals surface area contributed by atoms with E-state index < -0.39 is 6.55 Å². The van der Waals surface area contributed by atoms with Gasteiger partial charge in [-0.1, -0.05) is 12.1 Å². The highest BCUT2D eigenvalue weighted by molar-refractivity contribution is 5.95. The molecule has 1 aromatic carbocycles. The summed E-state index contributed by atoms with van der Waals surface area (Å²) in [5.74, 6) is 0.873. The van der Waals surface area contributed by atoms with E-state index in [0.717, 1.165) is 28.8 Å². The van der Waals surface area contributed by atoms with Gasteiger partial charge in [0.1, 0.15) is 5.82 Å². The molecule has 9 heteroatoms. The van der Waals surface area contributed by atoms with Crippen LogP contribution in [0.1, 0.15) is 30.8 Å². The topological polar surface area (TPSA) is 74.6 Å². The van der Waals surface area contributed by atoms with Crippen molar-refractivity contribution in [2.45, 2.75) is 32.5 Å². The van der Waals surface area contributed by atoms with Gasteiger partial charge in [-0.05, 0) is 24.1 Å². The van der Waals surface area contributed by atoms with Crippen LogP contribution in [0.15, 0.2) is 41.7 Å². The number of hydrogen-bond donors (Lipinski definition) is 2. The standard InChI is InChI=1S/C18H22F2N6O/c1-21-18(24-12-15-22-8-10-26(15)17(19)20)23-11-13-4-6-14(7-5-13)25-9-2-3-16(25)27/h4-8,10,17H,2-3,9,11-12H2,1H3,(H2,21,23,24). The van der Waals surface area contributed by atoms with E-state index in [-0.39, 0.29) is 18.3 Å². The molecular formula is C18H22F2N6O. The molecule has 0 unspecified atom stereocenters. The molecule has 1 saturated heterocycles. The minimum Gasteiger partial charge on any atom is -0.352 e. The zero-order valence-corrected chi connectivity index (χ0v) is 15.0. The number of anilines is 1. The third-order valence-electron chi connectivity index (χ3n) is 4.38. The Bertz CT molecular complexity index is 802. The molecule has 0 saturated carbocycles. The van der Waals surface area contributed by atoms with Gasteiger partial charge in [0, 0.05) is 44.6 Å². The van der Waals surface area contributed by atoms with Gasteiger partial charge < -0.3 is 15.5 Å². The molecular weight excluding hydrogens is 354 g/mol. The third-order valence-corrected chi connectivity index (χ3v) is 4.38. The van der Waals surface area contributed by atoms with Crippen molar-refractivity contribution in [3.8, 4) is 0 Å². The maximum atomic E-state index is 12.8. The highest BCUT2D eigenvalue weighted by Gasteiger charge is 2.21. The van der Waals surface area contributed by atoms with Gasteiger partial charge in [-0.3, -0.25) is 14.4 Å². The van der Waals surface area contributed by atoms with E-state index in [1.54, 1.807) is 11.9 Å². The minimum atomic E-state index is -2.62. The monoisotopic (exact) mass is 376 g/mol. The van der Waals surface area contributed by atoms with E-state index >= 15 is 0 Å². The zero-order valence-electron chi connectivity index (χ0n) is 15.0. The van der Waals surface area contributed by atoms with Crippen LogP contribution in [-0.2, 0) is 17.9 Å². The smallest absolute Gasteiger partial charge is 0.319 e. The summed E-state index contributed by atoms with van der Waals surface area (Å²) in [4.78, 5) is 21.6. The van der Waals surface area contributed by atoms with Crippen molar-refractivity contribution in [1.82, 2.24) is 20.2 Å². The molecule has 0 aliphatic carbocycles. The summed E-state index contributed by atoms with van der Waals surface area (Å²) >= 11 is 0. The van der Waals surface area contributed by atoms with Gasteiger partial charge in [0.2, 0.25) is 5.91 Å². The van der Waals surface area contributed by atoms with Gasteiger partial charge in [0.05, 0.1) is 6.54 Å². The average Bonchev–Trinajstić information content (AvgIpc) is 3.31. The number of imidazole rings is 1. The van der Waals surface area contributed by atoms with Gasteiger partial charge in [0.15, 0.2) is 5.96 Å². The first-order chi connectivity index (χ1) is 13.1. The average molecular weight is 376 g/mol. The summed E-state index contributed by atoms with van der Waals surface area (Å²) in [6, 6.07) is 7.75. The maximum Gasteiger partial charge on any atom is 0.319 e. The molecule has 2 aromatic rings. The summed E-state index contributed by atoms with van der Waals surface area (Å²) in [5, 5.41) is 6.10. The molecule has 1 amide bonds. The van der Waals surface area contributed by atoms with Crippen LogP contribution in [0.4, 0.5) is 14.5 Å². The summed E-state index contributed by atoms with van der Waals surface area (Å²) in [7, 11) is 1.61. The van der Waals surface area contributed by atoms with E-state index in [2.05, 4.69) is 20.6 Å². The molecule has 7 nitrogen and oxygen atoms in total. The van der Waals surface area contributed by atoms with E-state index in [9.17, 15) is 13.6 Å². The van der Waals surface area contributed by atoms with Crippen molar-refractivity contribution in [2.24, 2.45) is 4.99 Å². The number of carbonyl (C=O) groups excluding carboxylic acids is 1. The van der Waals surface area contributed by atoms with Crippen LogP contribution in [-0.4, -0.2) is 35.0 Å². The Hall–Kier alpha value is -2.97. The van der Waals surface area contributed by atoms with Gasteiger partial charge in [-0.2, -0.15) is 8.78 Å². The Balaban J connectivity index is 1.52. The van der Waals surface area contributed by atoms with E-state index in [0.29, 0.717) is 18.9 Å². The van der Waals surface area contributed by atoms with Crippen LogP contribution < -0.4 is 15.5 Å². The number of carbonyl (C=O) groups is 1.